The molecule has 0 bridgehead atoms. The molecule has 0 aromatic heterocycles. The van der Waals surface area contributed by atoms with Crippen LogP contribution in [-0.2, 0) is 20.9 Å². The molecule has 3 atom stereocenters. The average Bonchev–Trinajstić information content (AvgIpc) is 2.88. The molecule has 35 heavy (non-hydrogen) atoms. The maximum absolute atomic E-state index is 11.9. The number of nitrogens with one attached hydrogen (secondary N) is 1. The van der Waals surface area contributed by atoms with E-state index in [0.717, 1.165) is 22.4 Å². The largest absolute Gasteiger partial charge is 0.392 e. The van der Waals surface area contributed by atoms with Crippen LogP contribution in [0.1, 0.15) is 35.5 Å². The number of benzene rings is 3. The predicted molar refractivity (Wildman–Crippen MR) is 141 cm³/mol. The second-order valence-electron chi connectivity index (χ2n) is 8.05. The number of anilines is 1. The first-order valence-corrected chi connectivity index (χ1v) is 13.1. The topological polar surface area (TPSA) is 67.8 Å². The molecule has 1 saturated heterocycles. The van der Waals surface area contributed by atoms with Crippen LogP contribution in [0.25, 0.3) is 0 Å². The molecule has 9 heteroatoms. The maximum Gasteiger partial charge on any atom is 0.276 e. The molecule has 5 nitrogen and oxygen atoms in total. The number of aliphatic hydroxyl groups is 1. The molecule has 1 aliphatic heterocycles. The Balaban J connectivity index is 1.50. The number of ether oxygens (including phenoxy) is 2. The van der Waals surface area contributed by atoms with Gasteiger partial charge in [0.15, 0.2) is 6.29 Å². The number of hydrogen-bond donors (Lipinski definition) is 2. The summed E-state index contributed by atoms with van der Waals surface area (Å²) in [6.45, 7) is -0.00492. The van der Waals surface area contributed by atoms with Crippen molar-refractivity contribution in [1.29, 1.82) is 0 Å². The molecule has 4 rings (SSSR count). The maximum atomic E-state index is 11.9. The summed E-state index contributed by atoms with van der Waals surface area (Å²) in [7, 11) is 0. The zero-order valence-electron chi connectivity index (χ0n) is 18.6. The molecule has 0 saturated carbocycles. The summed E-state index contributed by atoms with van der Waals surface area (Å²) in [5.41, 5.74) is 3.18. The molecule has 3 aromatic carbocycles. The van der Waals surface area contributed by atoms with Gasteiger partial charge in [-0.05, 0) is 35.4 Å². The third-order valence-corrected chi connectivity index (χ3v) is 7.15. The second kappa shape index (κ2) is 12.0. The molecule has 1 fully saturated rings. The van der Waals surface area contributed by atoms with E-state index >= 15 is 0 Å². The van der Waals surface area contributed by atoms with Gasteiger partial charge in [0.2, 0.25) is 0 Å². The van der Waals surface area contributed by atoms with Crippen LogP contribution in [0.4, 0.5) is 5.69 Å². The quantitative estimate of drug-likeness (QED) is 0.248. The Labute approximate surface area is 223 Å². The zero-order valence-corrected chi connectivity index (χ0v) is 21.7. The number of alkyl halides is 3. The van der Waals surface area contributed by atoms with Gasteiger partial charge >= 0.3 is 0 Å². The van der Waals surface area contributed by atoms with Gasteiger partial charge in [-0.2, -0.15) is 0 Å². The summed E-state index contributed by atoms with van der Waals surface area (Å²) in [5.74, 6) is 0.0387. The highest BCUT2D eigenvalue weighted by molar-refractivity contribution is 7.99. The van der Waals surface area contributed by atoms with Crippen molar-refractivity contribution in [2.75, 3.05) is 11.1 Å². The van der Waals surface area contributed by atoms with Gasteiger partial charge in [0.25, 0.3) is 9.70 Å². The Morgan fingerprint density at radius 2 is 1.60 bits per heavy atom. The highest BCUT2D eigenvalue weighted by Crippen LogP contribution is 2.39. The van der Waals surface area contributed by atoms with Gasteiger partial charge in [0.05, 0.1) is 18.8 Å². The van der Waals surface area contributed by atoms with Gasteiger partial charge in [-0.3, -0.25) is 4.79 Å². The Kier molecular flexibility index (Phi) is 9.00. The van der Waals surface area contributed by atoms with E-state index in [2.05, 4.69) is 17.4 Å². The SMILES string of the molecule is O=C(Nc1ccc([C@H]2O[C@@H](CSc3ccccc3)C[C@@H](c3ccc(CO)cc3)O2)cc1)C(Cl)(Cl)Cl. The van der Waals surface area contributed by atoms with Crippen LogP contribution < -0.4 is 5.32 Å². The van der Waals surface area contributed by atoms with Gasteiger partial charge in [0, 0.05) is 28.3 Å². The van der Waals surface area contributed by atoms with E-state index in [0.29, 0.717) is 12.1 Å². The van der Waals surface area contributed by atoms with Crippen LogP contribution in [0.2, 0.25) is 0 Å². The van der Waals surface area contributed by atoms with Crippen LogP contribution in [0, 0.1) is 0 Å². The normalized spacial score (nSPS) is 20.4. The van der Waals surface area contributed by atoms with Crippen LogP contribution in [0.5, 0.6) is 0 Å². The molecule has 3 aromatic rings. The number of rotatable bonds is 7. The predicted octanol–water partition coefficient (Wildman–Crippen LogP) is 6.83. The molecule has 0 aliphatic carbocycles. The lowest BCUT2D eigenvalue weighted by atomic mass is 10.0. The number of halogens is 3. The minimum atomic E-state index is -2.04. The van der Waals surface area contributed by atoms with E-state index in [4.69, 9.17) is 44.3 Å². The first kappa shape index (κ1) is 26.3. The standard InChI is InChI=1S/C26H24Cl3NO4S/c27-26(28,29)25(32)30-20-12-10-19(11-13-20)24-33-21(16-35-22-4-2-1-3-5-22)14-23(34-24)18-8-6-17(15-31)7-9-18/h1-13,21,23-24,31H,14-16H2,(H,30,32)/t21-,23+,24+/m1/s1. The van der Waals surface area contributed by atoms with E-state index < -0.39 is 16.0 Å². The Bertz CT molecular complexity index is 1110. The molecular formula is C26H24Cl3NO4S. The van der Waals surface area contributed by atoms with Crippen molar-refractivity contribution in [3.8, 4) is 0 Å². The minimum absolute atomic E-state index is 0.00492. The molecule has 0 spiro atoms. The van der Waals surface area contributed by atoms with E-state index in [1.807, 2.05) is 54.6 Å². The number of aliphatic hydroxyl groups excluding tert-OH is 1. The van der Waals surface area contributed by atoms with E-state index in [9.17, 15) is 9.90 Å². The van der Waals surface area contributed by atoms with Crippen molar-refractivity contribution in [3.05, 3.63) is 95.6 Å². The number of amides is 1. The lowest BCUT2D eigenvalue weighted by molar-refractivity contribution is -0.245. The molecule has 1 heterocycles. The molecule has 2 N–H and O–H groups in total. The lowest BCUT2D eigenvalue weighted by Gasteiger charge is -2.36. The first-order chi connectivity index (χ1) is 16.8. The third-order valence-electron chi connectivity index (χ3n) is 5.49. The van der Waals surface area contributed by atoms with Crippen molar-refractivity contribution in [2.45, 2.75) is 40.2 Å². The van der Waals surface area contributed by atoms with Gasteiger partial charge in [-0.15, -0.1) is 11.8 Å². The first-order valence-electron chi connectivity index (χ1n) is 11.0. The van der Waals surface area contributed by atoms with Gasteiger partial charge in [-0.25, -0.2) is 0 Å². The fraction of sp³-hybridized carbons (Fsp3) is 0.269. The van der Waals surface area contributed by atoms with Crippen LogP contribution in [0.15, 0.2) is 83.8 Å². The Hall–Kier alpha value is -1.77. The molecule has 0 unspecified atom stereocenters. The molecule has 0 radical (unpaired) electrons. The van der Waals surface area contributed by atoms with Gasteiger partial charge in [-0.1, -0.05) is 89.4 Å². The molecular weight excluding hydrogens is 529 g/mol. The third kappa shape index (κ3) is 7.37. The van der Waals surface area contributed by atoms with E-state index in [1.54, 1.807) is 23.9 Å². The number of hydrogen-bond acceptors (Lipinski definition) is 5. The Morgan fingerprint density at radius 1 is 0.943 bits per heavy atom. The minimum Gasteiger partial charge on any atom is -0.392 e. The van der Waals surface area contributed by atoms with Gasteiger partial charge in [0.1, 0.15) is 0 Å². The van der Waals surface area contributed by atoms with Crippen LogP contribution in [0.3, 0.4) is 0 Å². The number of carbonyl (C=O) groups excluding carboxylic acids is 1. The Morgan fingerprint density at radius 3 is 2.23 bits per heavy atom. The average molecular weight is 553 g/mol. The summed E-state index contributed by atoms with van der Waals surface area (Å²) >= 11 is 18.6. The smallest absolute Gasteiger partial charge is 0.276 e. The van der Waals surface area contributed by atoms with Crippen LogP contribution in [-0.4, -0.2) is 26.7 Å². The molecule has 1 aliphatic rings. The summed E-state index contributed by atoms with van der Waals surface area (Å²) in [6, 6.07) is 25.0. The van der Waals surface area contributed by atoms with Crippen LogP contribution >= 0.6 is 46.6 Å². The van der Waals surface area contributed by atoms with Crippen molar-refractivity contribution in [1.82, 2.24) is 0 Å². The zero-order chi connectivity index (χ0) is 24.8. The summed E-state index contributed by atoms with van der Waals surface area (Å²) in [6.07, 6.45) is -0.117. The fourth-order valence-corrected chi connectivity index (χ4v) is 4.74. The summed E-state index contributed by atoms with van der Waals surface area (Å²) in [4.78, 5) is 13.1. The van der Waals surface area contributed by atoms with E-state index in [-0.39, 0.29) is 18.8 Å². The summed E-state index contributed by atoms with van der Waals surface area (Å²) < 4.78 is 10.6. The summed E-state index contributed by atoms with van der Waals surface area (Å²) in [5, 5.41) is 11.9. The van der Waals surface area contributed by atoms with Crippen molar-refractivity contribution in [2.24, 2.45) is 0 Å². The van der Waals surface area contributed by atoms with Crippen molar-refractivity contribution < 1.29 is 19.4 Å². The molecule has 1 amide bonds. The van der Waals surface area contributed by atoms with Crippen molar-refractivity contribution >= 4 is 58.2 Å². The number of carbonyl (C=O) groups is 1. The monoisotopic (exact) mass is 551 g/mol. The highest BCUT2D eigenvalue weighted by Gasteiger charge is 2.33. The highest BCUT2D eigenvalue weighted by atomic mass is 35.6. The fourth-order valence-electron chi connectivity index (χ4n) is 3.65. The lowest BCUT2D eigenvalue weighted by Crippen LogP contribution is -2.31. The van der Waals surface area contributed by atoms with Crippen molar-refractivity contribution in [3.63, 3.8) is 0 Å². The van der Waals surface area contributed by atoms with E-state index in [1.165, 1.54) is 4.90 Å². The molecule has 184 valence electrons. The number of thioether (sulfide) groups is 1. The van der Waals surface area contributed by atoms with Gasteiger partial charge < -0.3 is 19.9 Å². The second-order valence-corrected chi connectivity index (χ2v) is 11.4.